The number of nitrogens with one attached hydrogen (secondary N) is 1. The molecule has 1 aromatic heterocycles. The van der Waals surface area contributed by atoms with Crippen LogP contribution in [0.15, 0.2) is 46.0 Å². The Morgan fingerprint density at radius 1 is 1.23 bits per heavy atom. The second-order valence-electron chi connectivity index (χ2n) is 12.2. The minimum Gasteiger partial charge on any atom is -0.469 e. The molecule has 0 radical (unpaired) electrons. The molecule has 0 unspecified atom stereocenters. The molecule has 2 saturated heterocycles. The van der Waals surface area contributed by atoms with Crippen LogP contribution in [0.1, 0.15) is 48.4 Å². The predicted octanol–water partition coefficient (Wildman–Crippen LogP) is 4.09. The van der Waals surface area contributed by atoms with Crippen LogP contribution in [0.25, 0.3) is 0 Å². The molecule has 0 bridgehead atoms. The number of rotatable bonds is 10. The molecule has 1 aliphatic carbocycles. The Morgan fingerprint density at radius 3 is 2.70 bits per heavy atom. The Morgan fingerprint density at radius 2 is 2.02 bits per heavy atom. The summed E-state index contributed by atoms with van der Waals surface area (Å²) in [6.07, 6.45) is 3.65. The highest BCUT2D eigenvalue weighted by molar-refractivity contribution is 7.11. The number of nitrogens with zero attached hydrogens (tertiary/aromatic N) is 4. The molecule has 1 saturated carbocycles. The number of esters is 2. The summed E-state index contributed by atoms with van der Waals surface area (Å²) in [7, 11) is 1.36. The van der Waals surface area contributed by atoms with E-state index in [0.29, 0.717) is 40.8 Å². The Balaban J connectivity index is 1.33. The lowest BCUT2D eigenvalue weighted by molar-refractivity contribution is -0.142. The predicted molar refractivity (Wildman–Crippen MR) is 158 cm³/mol. The standard InChI is InChI=1S/C31H36F3N5O4S/c1-4-43-29(41)25-22(36-27(28-35-10-11-44-28)37-26(25)19-6-5-7-21(32)18(19)2)14-39-17-31(33,34)20-13-38(15-23(20)39)16-30(8-9-30)12-24(40)42-3/h5-7,10-11,20,23,26H,4,8-9,12-17H2,1-3H3,(H,36,37)/t20-,23+,26+/m1/s1. The molecule has 4 aliphatic rings. The van der Waals surface area contributed by atoms with Crippen molar-refractivity contribution in [3.05, 3.63) is 63.0 Å². The number of alkyl halides is 2. The van der Waals surface area contributed by atoms with Crippen LogP contribution in [0.2, 0.25) is 0 Å². The van der Waals surface area contributed by atoms with Gasteiger partial charge < -0.3 is 19.7 Å². The third-order valence-electron chi connectivity index (χ3n) is 9.27. The van der Waals surface area contributed by atoms with Crippen LogP contribution in [0.5, 0.6) is 0 Å². The first-order valence-electron chi connectivity index (χ1n) is 14.8. The fourth-order valence-electron chi connectivity index (χ4n) is 6.85. The van der Waals surface area contributed by atoms with Crippen LogP contribution in [-0.2, 0) is 19.1 Å². The van der Waals surface area contributed by atoms with Crippen LogP contribution in [0, 0.1) is 24.1 Å². The molecule has 236 valence electrons. The van der Waals surface area contributed by atoms with E-state index in [0.717, 1.165) is 12.8 Å². The second kappa shape index (κ2) is 11.9. The molecular weight excluding hydrogens is 595 g/mol. The van der Waals surface area contributed by atoms with E-state index in [1.54, 1.807) is 42.5 Å². The number of aliphatic imine (C=N–C) groups is 1. The SMILES string of the molecule is CCOC(=O)C1=C(CN2CC(F)(F)[C@@H]3CN(CC4(CC(=O)OC)CC4)C[C@@H]32)NC(c2nccs2)=N[C@H]1c1cccc(F)c1C. The molecule has 6 rings (SSSR count). The highest BCUT2D eigenvalue weighted by Crippen LogP contribution is 2.51. The van der Waals surface area contributed by atoms with Gasteiger partial charge in [-0.25, -0.2) is 22.9 Å². The number of carbonyl (C=O) groups excluding carboxylic acids is 2. The Labute approximate surface area is 258 Å². The number of benzene rings is 1. The highest BCUT2D eigenvalue weighted by atomic mass is 32.1. The van der Waals surface area contributed by atoms with E-state index in [2.05, 4.69) is 10.3 Å². The third kappa shape index (κ3) is 5.89. The van der Waals surface area contributed by atoms with Crippen molar-refractivity contribution >= 4 is 29.1 Å². The van der Waals surface area contributed by atoms with Crippen molar-refractivity contribution in [2.75, 3.05) is 46.4 Å². The maximum absolute atomic E-state index is 15.6. The van der Waals surface area contributed by atoms with E-state index in [1.807, 2.05) is 4.90 Å². The van der Waals surface area contributed by atoms with Crippen molar-refractivity contribution in [1.82, 2.24) is 20.1 Å². The number of halogens is 3. The van der Waals surface area contributed by atoms with Gasteiger partial charge >= 0.3 is 11.9 Å². The molecule has 3 aliphatic heterocycles. The monoisotopic (exact) mass is 631 g/mol. The summed E-state index contributed by atoms with van der Waals surface area (Å²) < 4.78 is 56.2. The Hall–Kier alpha value is -3.29. The maximum atomic E-state index is 15.6. The fourth-order valence-corrected chi connectivity index (χ4v) is 7.43. The number of amidine groups is 1. The van der Waals surface area contributed by atoms with Gasteiger partial charge in [0.2, 0.25) is 0 Å². The molecule has 4 heterocycles. The fraction of sp³-hybridized carbons (Fsp3) is 0.548. The maximum Gasteiger partial charge on any atom is 0.338 e. The van der Waals surface area contributed by atoms with Crippen molar-refractivity contribution in [2.45, 2.75) is 51.1 Å². The lowest BCUT2D eigenvalue weighted by Crippen LogP contribution is -2.43. The number of thiazole rings is 1. The number of aromatic nitrogens is 1. The number of carbonyl (C=O) groups is 2. The normalized spacial score (nSPS) is 25.8. The van der Waals surface area contributed by atoms with Crippen molar-refractivity contribution in [3.63, 3.8) is 0 Å². The topological polar surface area (TPSA) is 96.4 Å². The zero-order valence-corrected chi connectivity index (χ0v) is 25.8. The molecule has 2 aromatic rings. The van der Waals surface area contributed by atoms with Crippen molar-refractivity contribution < 1.29 is 32.2 Å². The van der Waals surface area contributed by atoms with Crippen LogP contribution < -0.4 is 5.32 Å². The molecule has 3 fully saturated rings. The number of hydrogen-bond donors (Lipinski definition) is 1. The number of fused-ring (bicyclic) bond motifs is 1. The van der Waals surface area contributed by atoms with Gasteiger partial charge in [0.1, 0.15) is 11.9 Å². The molecule has 13 heteroatoms. The third-order valence-corrected chi connectivity index (χ3v) is 10.1. The first kappa shape index (κ1) is 30.7. The molecule has 9 nitrogen and oxygen atoms in total. The van der Waals surface area contributed by atoms with Gasteiger partial charge in [0.15, 0.2) is 10.8 Å². The summed E-state index contributed by atoms with van der Waals surface area (Å²) in [4.78, 5) is 38.5. The summed E-state index contributed by atoms with van der Waals surface area (Å²) >= 11 is 1.34. The van der Waals surface area contributed by atoms with Gasteiger partial charge in [0, 0.05) is 49.5 Å². The van der Waals surface area contributed by atoms with Crippen LogP contribution in [0.3, 0.4) is 0 Å². The van der Waals surface area contributed by atoms with E-state index in [4.69, 9.17) is 14.5 Å². The van der Waals surface area contributed by atoms with Gasteiger partial charge in [-0.2, -0.15) is 0 Å². The minimum absolute atomic E-state index is 0.0152. The average Bonchev–Trinajstić information content (AvgIpc) is 3.31. The van der Waals surface area contributed by atoms with Crippen LogP contribution in [-0.4, -0.2) is 91.0 Å². The van der Waals surface area contributed by atoms with Crippen molar-refractivity contribution in [3.8, 4) is 0 Å². The smallest absolute Gasteiger partial charge is 0.338 e. The lowest BCUT2D eigenvalue weighted by atomic mass is 9.92. The van der Waals surface area contributed by atoms with Gasteiger partial charge in [-0.1, -0.05) is 12.1 Å². The average molecular weight is 632 g/mol. The van der Waals surface area contributed by atoms with Crippen molar-refractivity contribution in [1.29, 1.82) is 0 Å². The summed E-state index contributed by atoms with van der Waals surface area (Å²) in [5, 5.41) is 5.58. The zero-order valence-electron chi connectivity index (χ0n) is 24.9. The van der Waals surface area contributed by atoms with E-state index in [9.17, 15) is 14.0 Å². The zero-order chi connectivity index (χ0) is 31.2. The molecule has 1 aromatic carbocycles. The van der Waals surface area contributed by atoms with E-state index in [1.165, 1.54) is 24.5 Å². The van der Waals surface area contributed by atoms with E-state index in [-0.39, 0.29) is 43.1 Å². The highest BCUT2D eigenvalue weighted by Gasteiger charge is 2.59. The van der Waals surface area contributed by atoms with Crippen LogP contribution >= 0.6 is 11.3 Å². The summed E-state index contributed by atoms with van der Waals surface area (Å²) in [5.74, 6) is -4.81. The van der Waals surface area contributed by atoms with E-state index >= 15 is 8.78 Å². The number of hydrogen-bond acceptors (Lipinski definition) is 10. The number of methoxy groups -OCH3 is 1. The molecule has 44 heavy (non-hydrogen) atoms. The van der Waals surface area contributed by atoms with Gasteiger partial charge in [0.05, 0.1) is 38.2 Å². The first-order valence-corrected chi connectivity index (χ1v) is 15.7. The molecule has 0 amide bonds. The quantitative estimate of drug-likeness (QED) is 0.392. The van der Waals surface area contributed by atoms with Crippen LogP contribution in [0.4, 0.5) is 13.2 Å². The Kier molecular flexibility index (Phi) is 8.31. The number of likely N-dealkylation sites (tertiary alicyclic amines) is 2. The Bertz CT molecular complexity index is 1490. The van der Waals surface area contributed by atoms with Gasteiger partial charge in [-0.3, -0.25) is 14.7 Å². The largest absolute Gasteiger partial charge is 0.469 e. The number of ether oxygens (including phenoxy) is 2. The molecule has 3 atom stereocenters. The van der Waals surface area contributed by atoms with Gasteiger partial charge in [0.25, 0.3) is 5.92 Å². The van der Waals surface area contributed by atoms with Crippen molar-refractivity contribution in [2.24, 2.45) is 16.3 Å². The summed E-state index contributed by atoms with van der Waals surface area (Å²) in [6, 6.07) is 3.23. The molecule has 0 spiro atoms. The summed E-state index contributed by atoms with van der Waals surface area (Å²) in [6.45, 7) is 4.18. The molecular formula is C31H36F3N5O4S. The van der Waals surface area contributed by atoms with E-state index < -0.39 is 42.3 Å². The second-order valence-corrected chi connectivity index (χ2v) is 13.1. The van der Waals surface area contributed by atoms with Gasteiger partial charge in [-0.05, 0) is 49.3 Å². The summed E-state index contributed by atoms with van der Waals surface area (Å²) in [5.41, 5.74) is 1.15. The molecule has 1 N–H and O–H groups in total. The first-order chi connectivity index (χ1) is 21.0. The minimum atomic E-state index is -2.94. The lowest BCUT2D eigenvalue weighted by Gasteiger charge is -2.32. The van der Waals surface area contributed by atoms with Gasteiger partial charge in [-0.15, -0.1) is 11.3 Å².